The van der Waals surface area contributed by atoms with E-state index in [2.05, 4.69) is 15.4 Å². The Morgan fingerprint density at radius 2 is 1.63 bits per heavy atom. The van der Waals surface area contributed by atoms with Gasteiger partial charge in [-0.25, -0.2) is 13.8 Å². The Kier molecular flexibility index (Phi) is 10.3. The first kappa shape index (κ1) is 32.6. The number of piperidine rings is 2. The van der Waals surface area contributed by atoms with Gasteiger partial charge in [-0.05, 0) is 92.2 Å². The van der Waals surface area contributed by atoms with Gasteiger partial charge < -0.3 is 15.1 Å². The van der Waals surface area contributed by atoms with Crippen LogP contribution in [0.3, 0.4) is 0 Å². The zero-order valence-electron chi connectivity index (χ0n) is 26.2. The van der Waals surface area contributed by atoms with Gasteiger partial charge in [-0.15, -0.1) is 0 Å². The van der Waals surface area contributed by atoms with Gasteiger partial charge in [-0.1, -0.05) is 43.0 Å². The molecule has 2 aliphatic heterocycles. The molecule has 1 aromatic heterocycles. The van der Waals surface area contributed by atoms with E-state index in [9.17, 15) is 18.4 Å². The van der Waals surface area contributed by atoms with Gasteiger partial charge in [-0.3, -0.25) is 14.3 Å². The van der Waals surface area contributed by atoms with Gasteiger partial charge in [0.05, 0.1) is 6.04 Å². The monoisotopic (exact) mass is 652 g/mol. The molecule has 0 bridgehead atoms. The number of carbonyl (C=O) groups excluding carboxylic acids is 2. The van der Waals surface area contributed by atoms with Crippen LogP contribution in [0.15, 0.2) is 55.1 Å². The van der Waals surface area contributed by atoms with Gasteiger partial charge in [0.2, 0.25) is 5.91 Å². The minimum absolute atomic E-state index is 0.0358. The third kappa shape index (κ3) is 7.60. The number of benzene rings is 2. The average Bonchev–Trinajstić information content (AvgIpc) is 3.60. The summed E-state index contributed by atoms with van der Waals surface area (Å²) in [5.74, 6) is -1.58. The molecule has 3 aromatic rings. The predicted octanol–water partition coefficient (Wildman–Crippen LogP) is 5.90. The second-order valence-electron chi connectivity index (χ2n) is 13.4. The molecule has 246 valence electrons. The summed E-state index contributed by atoms with van der Waals surface area (Å²) in [4.78, 5) is 35.1. The molecule has 8 nitrogen and oxygen atoms in total. The van der Waals surface area contributed by atoms with E-state index in [0.29, 0.717) is 56.4 Å². The molecule has 0 radical (unpaired) electrons. The van der Waals surface area contributed by atoms with Crippen molar-refractivity contribution >= 4 is 23.4 Å². The van der Waals surface area contributed by atoms with Gasteiger partial charge >= 0.3 is 0 Å². The number of carbonyl (C=O) groups is 2. The second-order valence-corrected chi connectivity index (χ2v) is 13.8. The van der Waals surface area contributed by atoms with Crippen LogP contribution >= 0.6 is 11.6 Å². The number of amides is 2. The summed E-state index contributed by atoms with van der Waals surface area (Å²) < 4.78 is 29.1. The summed E-state index contributed by atoms with van der Waals surface area (Å²) in [6.45, 7) is 3.20. The quantitative estimate of drug-likeness (QED) is 0.311. The van der Waals surface area contributed by atoms with Crippen molar-refractivity contribution in [3.8, 4) is 0 Å². The van der Waals surface area contributed by atoms with E-state index < -0.39 is 17.7 Å². The number of nitrogens with one attached hydrogen (secondary N) is 1. The van der Waals surface area contributed by atoms with Gasteiger partial charge in [-0.2, -0.15) is 5.10 Å². The summed E-state index contributed by atoms with van der Waals surface area (Å²) in [6, 6.07) is 10.5. The third-order valence-electron chi connectivity index (χ3n) is 10.5. The van der Waals surface area contributed by atoms with E-state index in [-0.39, 0.29) is 28.8 Å². The second kappa shape index (κ2) is 14.6. The molecule has 1 atom stereocenters. The summed E-state index contributed by atoms with van der Waals surface area (Å²) >= 11 is 6.16. The molecular weight excluding hydrogens is 610 g/mol. The molecule has 2 amide bonds. The number of likely N-dealkylation sites (tertiary alicyclic amines) is 2. The number of rotatable bonds is 9. The molecule has 2 aromatic carbocycles. The lowest BCUT2D eigenvalue weighted by Crippen LogP contribution is -2.56. The van der Waals surface area contributed by atoms with E-state index in [0.717, 1.165) is 37.1 Å². The predicted molar refractivity (Wildman–Crippen MR) is 172 cm³/mol. The van der Waals surface area contributed by atoms with E-state index in [4.69, 9.17) is 11.6 Å². The number of aromatic nitrogens is 3. The van der Waals surface area contributed by atoms with Gasteiger partial charge in [0.25, 0.3) is 5.91 Å². The molecule has 1 N–H and O–H groups in total. The highest BCUT2D eigenvalue weighted by molar-refractivity contribution is 6.30. The first-order chi connectivity index (χ1) is 22.3. The number of hydrogen-bond acceptors (Lipinski definition) is 5. The van der Waals surface area contributed by atoms with E-state index in [1.807, 2.05) is 40.2 Å². The molecular formula is C35H43ClF2N6O2. The maximum Gasteiger partial charge on any atom is 0.253 e. The zero-order valence-corrected chi connectivity index (χ0v) is 27.0. The van der Waals surface area contributed by atoms with Crippen molar-refractivity contribution in [3.05, 3.63) is 82.9 Å². The Balaban J connectivity index is 1.12. The third-order valence-corrected chi connectivity index (χ3v) is 10.8. The summed E-state index contributed by atoms with van der Waals surface area (Å²) in [6.07, 6.45) is 13.5. The van der Waals surface area contributed by atoms with E-state index in [1.54, 1.807) is 11.2 Å². The highest BCUT2D eigenvalue weighted by Crippen LogP contribution is 2.47. The molecule has 0 spiro atoms. The Bertz CT molecular complexity index is 1460. The Morgan fingerprint density at radius 3 is 2.28 bits per heavy atom. The summed E-state index contributed by atoms with van der Waals surface area (Å²) in [5.41, 5.74) is 1.27. The number of hydrogen-bond donors (Lipinski definition) is 1. The van der Waals surface area contributed by atoms with Crippen molar-refractivity contribution in [2.75, 3.05) is 26.2 Å². The molecule has 6 rings (SSSR count). The largest absolute Gasteiger partial charge is 0.341 e. The van der Waals surface area contributed by atoms with Gasteiger partial charge in [0.1, 0.15) is 12.7 Å². The molecule has 1 saturated carbocycles. The zero-order chi connectivity index (χ0) is 32.1. The Labute approximate surface area is 274 Å². The summed E-state index contributed by atoms with van der Waals surface area (Å²) in [7, 11) is 0. The molecule has 2 saturated heterocycles. The first-order valence-corrected chi connectivity index (χ1v) is 17.0. The molecule has 3 aliphatic rings. The Hall–Kier alpha value is -3.37. The fourth-order valence-corrected chi connectivity index (χ4v) is 7.99. The standard InChI is InChI=1S/C35H43ClF2N6O2/c36-28-9-6-25(7-10-28)20-32(41-29-12-16-42(17-13-29)33(45)26-8-11-30(37)31(38)21-26)34(46)43-18-14-35(15-19-43,22-44-24-39-23-40-44)27-4-2-1-3-5-27/h6-11,21,23-24,27,29,32,41H,1-5,12-20,22H2/t32-/m1/s1. The molecule has 3 heterocycles. The van der Waals surface area contributed by atoms with Crippen LogP contribution in [0.1, 0.15) is 73.7 Å². The smallest absolute Gasteiger partial charge is 0.253 e. The molecule has 0 unspecified atom stereocenters. The van der Waals surface area contributed by atoms with Gasteiger partial charge in [0, 0.05) is 49.4 Å². The van der Waals surface area contributed by atoms with Crippen LogP contribution in [0.4, 0.5) is 8.78 Å². The summed E-state index contributed by atoms with van der Waals surface area (Å²) in [5, 5.41) is 8.75. The van der Waals surface area contributed by atoms with Crippen LogP contribution < -0.4 is 5.32 Å². The van der Waals surface area contributed by atoms with Crippen molar-refractivity contribution in [2.45, 2.75) is 82.8 Å². The van der Waals surface area contributed by atoms with Gasteiger partial charge in [0.15, 0.2) is 11.6 Å². The topological polar surface area (TPSA) is 83.4 Å². The lowest BCUT2D eigenvalue weighted by Gasteiger charge is -2.48. The maximum absolute atomic E-state index is 14.2. The minimum Gasteiger partial charge on any atom is -0.341 e. The lowest BCUT2D eigenvalue weighted by atomic mass is 9.63. The lowest BCUT2D eigenvalue weighted by molar-refractivity contribution is -0.137. The van der Waals surface area contributed by atoms with Crippen LogP contribution in [0, 0.1) is 23.0 Å². The maximum atomic E-state index is 14.2. The average molecular weight is 653 g/mol. The first-order valence-electron chi connectivity index (χ1n) is 16.7. The van der Waals surface area contributed by atoms with Crippen molar-refractivity contribution < 1.29 is 18.4 Å². The van der Waals surface area contributed by atoms with Crippen LogP contribution in [0.5, 0.6) is 0 Å². The van der Waals surface area contributed by atoms with Crippen molar-refractivity contribution in [3.63, 3.8) is 0 Å². The normalized spacial score (nSPS) is 20.1. The van der Waals surface area contributed by atoms with Crippen molar-refractivity contribution in [1.29, 1.82) is 0 Å². The highest BCUT2D eigenvalue weighted by atomic mass is 35.5. The molecule has 3 fully saturated rings. The number of halogens is 3. The van der Waals surface area contributed by atoms with E-state index >= 15 is 0 Å². The minimum atomic E-state index is -1.03. The van der Waals surface area contributed by atoms with Crippen LogP contribution in [0.25, 0.3) is 0 Å². The SMILES string of the molecule is O=C(c1ccc(F)c(F)c1)N1CCC(N[C@H](Cc2ccc(Cl)cc2)C(=O)N2CCC(Cn3cncn3)(C3CCCCC3)CC2)CC1. The number of nitrogens with zero attached hydrogens (tertiary/aromatic N) is 5. The van der Waals surface area contributed by atoms with E-state index in [1.165, 1.54) is 38.2 Å². The highest BCUT2D eigenvalue weighted by Gasteiger charge is 2.44. The van der Waals surface area contributed by atoms with Crippen molar-refractivity contribution in [2.24, 2.45) is 11.3 Å². The molecule has 11 heteroatoms. The fraction of sp³-hybridized carbons (Fsp3) is 0.543. The Morgan fingerprint density at radius 1 is 0.913 bits per heavy atom. The van der Waals surface area contributed by atoms with Crippen LogP contribution in [-0.2, 0) is 17.8 Å². The van der Waals surface area contributed by atoms with Crippen molar-refractivity contribution in [1.82, 2.24) is 29.9 Å². The molecule has 46 heavy (non-hydrogen) atoms. The van der Waals surface area contributed by atoms with Crippen LogP contribution in [0.2, 0.25) is 5.02 Å². The fourth-order valence-electron chi connectivity index (χ4n) is 7.86. The molecule has 1 aliphatic carbocycles. The van der Waals surface area contributed by atoms with Crippen LogP contribution in [-0.4, -0.2) is 74.6 Å².